The number of phenolic OH excluding ortho intramolecular Hbond substituents is 1. The van der Waals surface area contributed by atoms with Gasteiger partial charge < -0.3 is 20.5 Å². The van der Waals surface area contributed by atoms with Crippen molar-refractivity contribution in [3.8, 4) is 5.75 Å². The average molecular weight is 305 g/mol. The Hall–Kier alpha value is -1.75. The fourth-order valence-corrected chi connectivity index (χ4v) is 2.02. The molecule has 0 aromatic heterocycles. The third kappa shape index (κ3) is 4.91. The highest BCUT2D eigenvalue weighted by Crippen LogP contribution is 2.30. The molecule has 1 aliphatic carbocycles. The van der Waals surface area contributed by atoms with Crippen LogP contribution in [0.2, 0.25) is 0 Å². The highest BCUT2D eigenvalue weighted by molar-refractivity contribution is 5.95. The summed E-state index contributed by atoms with van der Waals surface area (Å²) < 4.78 is 5.04. The molecular formula is C17H27N3O2. The summed E-state index contributed by atoms with van der Waals surface area (Å²) in [5, 5.41) is 16.7. The van der Waals surface area contributed by atoms with Gasteiger partial charge in [0.25, 0.3) is 0 Å². The lowest BCUT2D eigenvalue weighted by Crippen LogP contribution is -2.33. The molecule has 5 heteroatoms. The van der Waals surface area contributed by atoms with E-state index in [0.717, 1.165) is 5.56 Å². The number of anilines is 1. The van der Waals surface area contributed by atoms with E-state index in [4.69, 9.17) is 4.74 Å². The number of nitrogens with one attached hydrogen (secondary N) is 2. The van der Waals surface area contributed by atoms with Gasteiger partial charge >= 0.3 is 0 Å². The molecule has 0 aliphatic heterocycles. The van der Waals surface area contributed by atoms with Gasteiger partial charge in [0.2, 0.25) is 0 Å². The molecule has 1 saturated carbocycles. The van der Waals surface area contributed by atoms with Crippen molar-refractivity contribution in [3.05, 3.63) is 23.8 Å². The summed E-state index contributed by atoms with van der Waals surface area (Å²) in [7, 11) is 1.66. The van der Waals surface area contributed by atoms with Crippen molar-refractivity contribution in [2.45, 2.75) is 45.1 Å². The molecule has 1 aliphatic rings. The summed E-state index contributed by atoms with van der Waals surface area (Å²) in [6, 6.07) is 6.15. The fraction of sp³-hybridized carbons (Fsp3) is 0.588. The van der Waals surface area contributed by atoms with E-state index in [1.165, 1.54) is 12.8 Å². The van der Waals surface area contributed by atoms with E-state index in [0.29, 0.717) is 30.8 Å². The third-order valence-corrected chi connectivity index (χ3v) is 3.60. The van der Waals surface area contributed by atoms with Crippen LogP contribution < -0.4 is 10.6 Å². The van der Waals surface area contributed by atoms with Crippen LogP contribution in [0.1, 0.15) is 39.2 Å². The van der Waals surface area contributed by atoms with Gasteiger partial charge in [0.1, 0.15) is 5.75 Å². The van der Waals surface area contributed by atoms with Crippen molar-refractivity contribution in [1.29, 1.82) is 0 Å². The van der Waals surface area contributed by atoms with Gasteiger partial charge in [-0.2, -0.15) is 0 Å². The standard InChI is InChI=1S/C17H27N3O2/c1-17(2,3)12-5-8-15(21)14(11-12)20-16(18-9-10-22-4)19-13-6-7-13/h5,8,11,13,21H,6-7,9-10H2,1-4H3,(H2,18,19,20). The van der Waals surface area contributed by atoms with Crippen LogP contribution in [0.3, 0.4) is 0 Å². The number of guanidine groups is 1. The van der Waals surface area contributed by atoms with Crippen molar-refractivity contribution in [1.82, 2.24) is 5.32 Å². The number of aliphatic imine (C=N–C) groups is 1. The highest BCUT2D eigenvalue weighted by atomic mass is 16.5. The first-order chi connectivity index (χ1) is 10.4. The van der Waals surface area contributed by atoms with Crippen LogP contribution >= 0.6 is 0 Å². The fourth-order valence-electron chi connectivity index (χ4n) is 2.02. The van der Waals surface area contributed by atoms with Crippen LogP contribution in [0.4, 0.5) is 5.69 Å². The maximum atomic E-state index is 10.1. The number of phenols is 1. The maximum Gasteiger partial charge on any atom is 0.196 e. The lowest BCUT2D eigenvalue weighted by atomic mass is 9.87. The molecule has 0 atom stereocenters. The van der Waals surface area contributed by atoms with Gasteiger partial charge in [-0.25, -0.2) is 0 Å². The number of hydrogen-bond donors (Lipinski definition) is 3. The minimum atomic E-state index is 0.0292. The van der Waals surface area contributed by atoms with E-state index in [-0.39, 0.29) is 11.2 Å². The normalized spacial score (nSPS) is 15.7. The van der Waals surface area contributed by atoms with Crippen LogP contribution in [-0.2, 0) is 10.2 Å². The van der Waals surface area contributed by atoms with Crippen LogP contribution in [0.5, 0.6) is 5.75 Å². The van der Waals surface area contributed by atoms with Gasteiger partial charge in [-0.05, 0) is 36.0 Å². The minimum absolute atomic E-state index is 0.0292. The van der Waals surface area contributed by atoms with E-state index in [9.17, 15) is 5.11 Å². The Kier molecular flexibility index (Phi) is 5.29. The minimum Gasteiger partial charge on any atom is -0.506 e. The second-order valence-corrected chi connectivity index (χ2v) is 6.75. The molecule has 0 unspecified atom stereocenters. The van der Waals surface area contributed by atoms with E-state index in [1.807, 2.05) is 12.1 Å². The van der Waals surface area contributed by atoms with Crippen molar-refractivity contribution >= 4 is 11.6 Å². The molecule has 0 spiro atoms. The quantitative estimate of drug-likeness (QED) is 0.339. The molecule has 1 aromatic rings. The summed E-state index contributed by atoms with van der Waals surface area (Å²) in [6.07, 6.45) is 2.33. The first-order valence-electron chi connectivity index (χ1n) is 7.80. The number of benzene rings is 1. The number of methoxy groups -OCH3 is 1. The number of ether oxygens (including phenoxy) is 1. The highest BCUT2D eigenvalue weighted by Gasteiger charge is 2.23. The Morgan fingerprint density at radius 2 is 2.09 bits per heavy atom. The molecule has 2 rings (SSSR count). The zero-order valence-electron chi connectivity index (χ0n) is 13.9. The molecular weight excluding hydrogens is 278 g/mol. The number of aromatic hydroxyl groups is 1. The SMILES string of the molecule is COCCN=C(Nc1cc(C(C)(C)C)ccc1O)NC1CC1. The van der Waals surface area contributed by atoms with Crippen molar-refractivity contribution in [3.63, 3.8) is 0 Å². The van der Waals surface area contributed by atoms with Crippen molar-refractivity contribution in [2.24, 2.45) is 4.99 Å². The predicted molar refractivity (Wildman–Crippen MR) is 90.8 cm³/mol. The molecule has 0 bridgehead atoms. The second kappa shape index (κ2) is 7.01. The zero-order valence-corrected chi connectivity index (χ0v) is 13.9. The first kappa shape index (κ1) is 16.6. The first-order valence-corrected chi connectivity index (χ1v) is 7.80. The Balaban J connectivity index is 2.15. The van der Waals surface area contributed by atoms with Gasteiger partial charge in [-0.3, -0.25) is 4.99 Å². The summed E-state index contributed by atoms with van der Waals surface area (Å²) in [5.74, 6) is 0.922. The van der Waals surface area contributed by atoms with Gasteiger partial charge in [0.15, 0.2) is 5.96 Å². The molecule has 3 N–H and O–H groups in total. The van der Waals surface area contributed by atoms with Gasteiger partial charge in [0, 0.05) is 13.2 Å². The molecule has 0 saturated heterocycles. The van der Waals surface area contributed by atoms with Crippen LogP contribution in [0.25, 0.3) is 0 Å². The lowest BCUT2D eigenvalue weighted by Gasteiger charge is -2.21. The molecule has 0 amide bonds. The van der Waals surface area contributed by atoms with Gasteiger partial charge in [-0.15, -0.1) is 0 Å². The monoisotopic (exact) mass is 305 g/mol. The van der Waals surface area contributed by atoms with Crippen molar-refractivity contribution in [2.75, 3.05) is 25.6 Å². The summed E-state index contributed by atoms with van der Waals surface area (Å²) in [4.78, 5) is 4.48. The maximum absolute atomic E-state index is 10.1. The van der Waals surface area contributed by atoms with Gasteiger partial charge in [0.05, 0.1) is 18.8 Å². The Labute approximate surface area is 132 Å². The topological polar surface area (TPSA) is 65.9 Å². The van der Waals surface area contributed by atoms with E-state index < -0.39 is 0 Å². The molecule has 0 heterocycles. The molecule has 1 aromatic carbocycles. The third-order valence-electron chi connectivity index (χ3n) is 3.60. The predicted octanol–water partition coefficient (Wildman–Crippen LogP) is 2.86. The summed E-state index contributed by atoms with van der Waals surface area (Å²) in [6.45, 7) is 7.61. The molecule has 122 valence electrons. The number of rotatable bonds is 5. The van der Waals surface area contributed by atoms with Crippen LogP contribution in [0, 0.1) is 0 Å². The molecule has 5 nitrogen and oxygen atoms in total. The molecule has 22 heavy (non-hydrogen) atoms. The largest absolute Gasteiger partial charge is 0.506 e. The Bertz CT molecular complexity index is 531. The molecule has 1 fully saturated rings. The van der Waals surface area contributed by atoms with Gasteiger partial charge in [-0.1, -0.05) is 26.8 Å². The molecule has 0 radical (unpaired) electrons. The lowest BCUT2D eigenvalue weighted by molar-refractivity contribution is 0.208. The van der Waals surface area contributed by atoms with Crippen LogP contribution in [-0.4, -0.2) is 37.4 Å². The van der Waals surface area contributed by atoms with E-state index in [1.54, 1.807) is 13.2 Å². The average Bonchev–Trinajstić information content (AvgIpc) is 3.24. The smallest absolute Gasteiger partial charge is 0.196 e. The number of hydrogen-bond acceptors (Lipinski definition) is 3. The summed E-state index contributed by atoms with van der Waals surface area (Å²) >= 11 is 0. The van der Waals surface area contributed by atoms with E-state index in [2.05, 4.69) is 36.4 Å². The van der Waals surface area contributed by atoms with Crippen LogP contribution in [0.15, 0.2) is 23.2 Å². The Morgan fingerprint density at radius 1 is 1.36 bits per heavy atom. The second-order valence-electron chi connectivity index (χ2n) is 6.75. The number of nitrogens with zero attached hydrogens (tertiary/aromatic N) is 1. The zero-order chi connectivity index (χ0) is 16.2. The summed E-state index contributed by atoms with van der Waals surface area (Å²) in [5.41, 5.74) is 1.87. The van der Waals surface area contributed by atoms with E-state index >= 15 is 0 Å². The van der Waals surface area contributed by atoms with Crippen molar-refractivity contribution < 1.29 is 9.84 Å². The Morgan fingerprint density at radius 3 is 2.68 bits per heavy atom.